The highest BCUT2D eigenvalue weighted by Crippen LogP contribution is 2.18. The van der Waals surface area contributed by atoms with Gasteiger partial charge in [-0.2, -0.15) is 0 Å². The van der Waals surface area contributed by atoms with Gasteiger partial charge in [-0.05, 0) is 63.8 Å². The van der Waals surface area contributed by atoms with Crippen LogP contribution in [0.5, 0.6) is 0 Å². The zero-order valence-corrected chi connectivity index (χ0v) is 20.8. The van der Waals surface area contributed by atoms with Crippen molar-refractivity contribution < 1.29 is 14.3 Å². The predicted octanol–water partition coefficient (Wildman–Crippen LogP) is 4.71. The molecule has 182 valence electrons. The maximum Gasteiger partial charge on any atom is 0.410 e. The predicted molar refractivity (Wildman–Crippen MR) is 134 cm³/mol. The number of hydrogen-bond donors (Lipinski definition) is 0. The number of carbonyl (C=O) groups excluding carboxylic acids is 2. The van der Waals surface area contributed by atoms with Crippen molar-refractivity contribution in [2.75, 3.05) is 13.2 Å². The number of benzene rings is 2. The minimum Gasteiger partial charge on any atom is -0.449 e. The number of nitrogens with zero attached hydrogens (tertiary/aromatic N) is 3. The summed E-state index contributed by atoms with van der Waals surface area (Å²) in [5.74, 6) is 0.0173. The number of rotatable bonds is 9. The molecule has 0 aliphatic rings. The molecule has 7 heteroatoms. The Morgan fingerprint density at radius 3 is 2.29 bits per heavy atom. The van der Waals surface area contributed by atoms with Crippen LogP contribution >= 0.6 is 0 Å². The molecule has 3 rings (SSSR count). The van der Waals surface area contributed by atoms with E-state index in [0.29, 0.717) is 31.4 Å². The van der Waals surface area contributed by atoms with Crippen LogP contribution in [0.1, 0.15) is 56.0 Å². The Morgan fingerprint density at radius 1 is 0.941 bits per heavy atom. The number of ether oxygens (including phenoxy) is 1. The van der Waals surface area contributed by atoms with Crippen LogP contribution in [0, 0.1) is 0 Å². The number of imidazole rings is 1. The normalized spacial score (nSPS) is 11.6. The average molecular weight is 466 g/mol. The zero-order valence-electron chi connectivity index (χ0n) is 20.8. The fourth-order valence-corrected chi connectivity index (χ4v) is 4.04. The van der Waals surface area contributed by atoms with Crippen molar-refractivity contribution in [2.24, 2.45) is 14.1 Å². The first kappa shape index (κ1) is 25.3. The van der Waals surface area contributed by atoms with Crippen molar-refractivity contribution in [1.82, 2.24) is 14.0 Å². The standard InChI is InChI=1S/C27H35N3O4/c1-27(2,3)30(17-16-20-11-7-6-8-12-20)26(33)34-18-10-9-13-24(31)21-14-15-22-23(19-21)29(5)25(32)28(22)4/h6-8,11-12,14-15,19H,9-10,13,16-18H2,1-5H3. The van der Waals surface area contributed by atoms with E-state index in [1.807, 2.05) is 45.0 Å². The van der Waals surface area contributed by atoms with Crippen molar-refractivity contribution in [1.29, 1.82) is 0 Å². The molecule has 0 saturated carbocycles. The molecule has 7 nitrogen and oxygen atoms in total. The summed E-state index contributed by atoms with van der Waals surface area (Å²) in [5, 5.41) is 0. The topological polar surface area (TPSA) is 73.5 Å². The molecular weight excluding hydrogens is 430 g/mol. The number of aromatic nitrogens is 2. The van der Waals surface area contributed by atoms with E-state index >= 15 is 0 Å². The lowest BCUT2D eigenvalue weighted by Gasteiger charge is -2.34. The molecule has 0 bridgehead atoms. The third-order valence-electron chi connectivity index (χ3n) is 6.11. The number of fused-ring (bicyclic) bond motifs is 1. The fraction of sp³-hybridized carbons (Fsp3) is 0.444. The van der Waals surface area contributed by atoms with Gasteiger partial charge >= 0.3 is 11.8 Å². The van der Waals surface area contributed by atoms with E-state index in [2.05, 4.69) is 12.1 Å². The van der Waals surface area contributed by atoms with Crippen molar-refractivity contribution >= 4 is 22.9 Å². The van der Waals surface area contributed by atoms with Gasteiger partial charge in [-0.3, -0.25) is 13.9 Å². The number of amides is 1. The number of Topliss-reactive ketones (excluding diaryl/α,β-unsaturated/α-hetero) is 1. The van der Waals surface area contributed by atoms with E-state index in [0.717, 1.165) is 17.5 Å². The number of ketones is 1. The van der Waals surface area contributed by atoms with Gasteiger partial charge in [-0.15, -0.1) is 0 Å². The van der Waals surface area contributed by atoms with Gasteiger partial charge in [0, 0.05) is 38.2 Å². The first-order chi connectivity index (χ1) is 16.1. The minimum absolute atomic E-state index is 0.0173. The third-order valence-corrected chi connectivity index (χ3v) is 6.11. The molecule has 3 aromatic rings. The van der Waals surface area contributed by atoms with Crippen molar-refractivity contribution in [3.05, 3.63) is 70.1 Å². The van der Waals surface area contributed by atoms with Crippen LogP contribution in [0.15, 0.2) is 53.3 Å². The summed E-state index contributed by atoms with van der Waals surface area (Å²) in [7, 11) is 3.42. The summed E-state index contributed by atoms with van der Waals surface area (Å²) >= 11 is 0. The summed E-state index contributed by atoms with van der Waals surface area (Å²) in [5.41, 5.74) is 2.84. The Bertz CT molecular complexity index is 1200. The number of hydrogen-bond acceptors (Lipinski definition) is 4. The van der Waals surface area contributed by atoms with Gasteiger partial charge in [-0.1, -0.05) is 30.3 Å². The van der Waals surface area contributed by atoms with Crippen LogP contribution in [-0.2, 0) is 25.3 Å². The molecule has 34 heavy (non-hydrogen) atoms. The summed E-state index contributed by atoms with van der Waals surface area (Å²) in [6, 6.07) is 15.4. The van der Waals surface area contributed by atoms with Crippen LogP contribution in [0.3, 0.4) is 0 Å². The second-order valence-corrected chi connectivity index (χ2v) is 9.66. The second kappa shape index (κ2) is 10.7. The van der Waals surface area contributed by atoms with Crippen molar-refractivity contribution in [3.8, 4) is 0 Å². The van der Waals surface area contributed by atoms with E-state index in [4.69, 9.17) is 4.74 Å². The average Bonchev–Trinajstić information content (AvgIpc) is 3.02. The highest BCUT2D eigenvalue weighted by Gasteiger charge is 2.27. The summed E-state index contributed by atoms with van der Waals surface area (Å²) in [6.07, 6.45) is 2.03. The summed E-state index contributed by atoms with van der Waals surface area (Å²) in [6.45, 7) is 6.84. The molecule has 0 aliphatic heterocycles. The van der Waals surface area contributed by atoms with E-state index in [1.54, 1.807) is 40.3 Å². The van der Waals surface area contributed by atoms with E-state index in [9.17, 15) is 14.4 Å². The molecule has 1 aromatic heterocycles. The lowest BCUT2D eigenvalue weighted by molar-refractivity contribution is 0.0671. The van der Waals surface area contributed by atoms with Crippen LogP contribution in [-0.4, -0.2) is 44.6 Å². The number of aryl methyl sites for hydroxylation is 2. The van der Waals surface area contributed by atoms with Crippen LogP contribution in [0.4, 0.5) is 4.79 Å². The molecule has 0 spiro atoms. The molecule has 1 heterocycles. The van der Waals surface area contributed by atoms with Crippen LogP contribution in [0.25, 0.3) is 11.0 Å². The van der Waals surface area contributed by atoms with Gasteiger partial charge in [0.15, 0.2) is 5.78 Å². The van der Waals surface area contributed by atoms with E-state index in [-0.39, 0.29) is 29.7 Å². The fourth-order valence-electron chi connectivity index (χ4n) is 4.04. The molecular formula is C27H35N3O4. The van der Waals surface area contributed by atoms with Crippen LogP contribution in [0.2, 0.25) is 0 Å². The Kier molecular flexibility index (Phi) is 7.97. The SMILES string of the molecule is Cn1c(=O)n(C)c2cc(C(=O)CCCCOC(=O)N(CCc3ccccc3)C(C)(C)C)ccc21. The molecule has 0 N–H and O–H groups in total. The molecule has 2 aromatic carbocycles. The molecule has 0 atom stereocenters. The number of carbonyl (C=O) groups is 2. The van der Waals surface area contributed by atoms with Gasteiger partial charge in [0.2, 0.25) is 0 Å². The first-order valence-corrected chi connectivity index (χ1v) is 11.8. The molecule has 0 unspecified atom stereocenters. The Morgan fingerprint density at radius 2 is 1.62 bits per heavy atom. The van der Waals surface area contributed by atoms with Crippen molar-refractivity contribution in [2.45, 2.75) is 52.0 Å². The van der Waals surface area contributed by atoms with Gasteiger partial charge in [0.25, 0.3) is 0 Å². The largest absolute Gasteiger partial charge is 0.449 e. The van der Waals surface area contributed by atoms with Gasteiger partial charge in [-0.25, -0.2) is 9.59 Å². The molecule has 0 radical (unpaired) electrons. The van der Waals surface area contributed by atoms with Crippen LogP contribution < -0.4 is 5.69 Å². The van der Waals surface area contributed by atoms with Crippen molar-refractivity contribution in [3.63, 3.8) is 0 Å². The number of unbranched alkanes of at least 4 members (excludes halogenated alkanes) is 1. The van der Waals surface area contributed by atoms with E-state index in [1.165, 1.54) is 5.56 Å². The highest BCUT2D eigenvalue weighted by atomic mass is 16.6. The lowest BCUT2D eigenvalue weighted by Crippen LogP contribution is -2.47. The smallest absolute Gasteiger partial charge is 0.410 e. The third kappa shape index (κ3) is 5.95. The van der Waals surface area contributed by atoms with E-state index < -0.39 is 0 Å². The molecule has 0 fully saturated rings. The summed E-state index contributed by atoms with van der Waals surface area (Å²) < 4.78 is 8.64. The second-order valence-electron chi connectivity index (χ2n) is 9.66. The summed E-state index contributed by atoms with van der Waals surface area (Å²) in [4.78, 5) is 39.2. The monoisotopic (exact) mass is 465 g/mol. The Labute approximate surface area is 200 Å². The highest BCUT2D eigenvalue weighted by molar-refractivity contribution is 5.99. The Balaban J connectivity index is 1.47. The maximum atomic E-state index is 12.7. The molecule has 0 saturated heterocycles. The van der Waals surface area contributed by atoms with Gasteiger partial charge in [0.05, 0.1) is 17.6 Å². The quantitative estimate of drug-likeness (QED) is 0.339. The molecule has 1 amide bonds. The molecule has 0 aliphatic carbocycles. The minimum atomic E-state index is -0.349. The zero-order chi connectivity index (χ0) is 24.9. The first-order valence-electron chi connectivity index (χ1n) is 11.8. The van der Waals surface area contributed by atoms with Gasteiger partial charge in [0.1, 0.15) is 0 Å². The maximum absolute atomic E-state index is 12.7. The lowest BCUT2D eigenvalue weighted by atomic mass is 10.0. The Hall–Kier alpha value is -3.35. The van der Waals surface area contributed by atoms with Gasteiger partial charge < -0.3 is 9.64 Å².